The Kier molecular flexibility index (Phi) is 12.7. The van der Waals surface area contributed by atoms with Crippen molar-refractivity contribution < 1.29 is 19.4 Å². The van der Waals surface area contributed by atoms with Gasteiger partial charge in [0.15, 0.2) is 0 Å². The Morgan fingerprint density at radius 1 is 0.800 bits per heavy atom. The van der Waals surface area contributed by atoms with E-state index in [2.05, 4.69) is 6.92 Å². The van der Waals surface area contributed by atoms with E-state index in [1.54, 1.807) is 12.1 Å². The normalized spacial score (nSPS) is 10.8. The van der Waals surface area contributed by atoms with Crippen molar-refractivity contribution in [3.05, 3.63) is 29.8 Å². The van der Waals surface area contributed by atoms with Gasteiger partial charge in [-0.2, -0.15) is 0 Å². The third-order valence-corrected chi connectivity index (χ3v) is 4.16. The molecule has 0 heterocycles. The van der Waals surface area contributed by atoms with Crippen LogP contribution in [0.2, 0.25) is 0 Å². The largest absolute Gasteiger partial charge is 0.508 e. The number of hydrogen-bond donors (Lipinski definition) is 1. The van der Waals surface area contributed by atoms with Crippen molar-refractivity contribution in [3.8, 4) is 5.75 Å². The molecule has 25 heavy (non-hydrogen) atoms. The van der Waals surface area contributed by atoms with E-state index < -0.39 is 0 Å². The van der Waals surface area contributed by atoms with Crippen LogP contribution < -0.4 is 0 Å². The number of carbonyl (C=O) groups excluding carboxylic acids is 1. The lowest BCUT2D eigenvalue weighted by molar-refractivity contribution is 0.0481. The zero-order valence-electron chi connectivity index (χ0n) is 15.7. The van der Waals surface area contributed by atoms with Crippen LogP contribution in [0.5, 0.6) is 5.75 Å². The maximum atomic E-state index is 11.7. The summed E-state index contributed by atoms with van der Waals surface area (Å²) in [5, 5.41) is 9.18. The molecule has 1 N–H and O–H groups in total. The zero-order valence-corrected chi connectivity index (χ0v) is 15.7. The Morgan fingerprint density at radius 3 is 1.96 bits per heavy atom. The molecule has 142 valence electrons. The molecular weight excluding hydrogens is 316 g/mol. The monoisotopic (exact) mass is 350 g/mol. The van der Waals surface area contributed by atoms with E-state index in [1.807, 2.05) is 0 Å². The predicted molar refractivity (Wildman–Crippen MR) is 101 cm³/mol. The zero-order chi connectivity index (χ0) is 18.2. The summed E-state index contributed by atoms with van der Waals surface area (Å²) in [7, 11) is 0. The minimum absolute atomic E-state index is 0.144. The van der Waals surface area contributed by atoms with Crippen molar-refractivity contribution in [2.45, 2.75) is 71.1 Å². The summed E-state index contributed by atoms with van der Waals surface area (Å²) in [6.07, 6.45) is 12.2. The Hall–Kier alpha value is -1.55. The molecule has 1 rings (SSSR count). The number of carbonyl (C=O) groups is 1. The van der Waals surface area contributed by atoms with Crippen LogP contribution >= 0.6 is 0 Å². The molecule has 0 amide bonds. The molecule has 0 saturated heterocycles. The molecule has 4 nitrogen and oxygen atoms in total. The molecule has 0 aliphatic heterocycles. The molecule has 0 aliphatic carbocycles. The molecule has 0 atom stereocenters. The summed E-state index contributed by atoms with van der Waals surface area (Å²) in [4.78, 5) is 11.7. The van der Waals surface area contributed by atoms with Gasteiger partial charge in [-0.25, -0.2) is 4.79 Å². The predicted octanol–water partition coefficient (Wildman–Crippen LogP) is 5.49. The summed E-state index contributed by atoms with van der Waals surface area (Å²) < 4.78 is 10.8. The number of phenols is 1. The van der Waals surface area contributed by atoms with Gasteiger partial charge in [0.2, 0.25) is 0 Å². The van der Waals surface area contributed by atoms with E-state index in [4.69, 9.17) is 9.47 Å². The minimum atomic E-state index is -0.347. The van der Waals surface area contributed by atoms with Gasteiger partial charge in [0.05, 0.1) is 12.2 Å². The molecule has 1 aromatic carbocycles. The number of rotatable bonds is 15. The number of ether oxygens (including phenoxy) is 2. The number of unbranched alkanes of at least 4 members (excludes halogenated alkanes) is 8. The molecule has 1 aromatic rings. The van der Waals surface area contributed by atoms with Crippen LogP contribution in [-0.4, -0.2) is 30.9 Å². The highest BCUT2D eigenvalue weighted by Gasteiger charge is 2.06. The fourth-order valence-electron chi connectivity index (χ4n) is 2.59. The summed E-state index contributed by atoms with van der Waals surface area (Å²) in [6.45, 7) is 4.22. The molecule has 0 fully saturated rings. The average Bonchev–Trinajstić information content (AvgIpc) is 2.62. The van der Waals surface area contributed by atoms with Gasteiger partial charge < -0.3 is 14.6 Å². The Bertz CT molecular complexity index is 442. The molecule has 0 unspecified atom stereocenters. The maximum Gasteiger partial charge on any atom is 0.338 e. The fraction of sp³-hybridized carbons (Fsp3) is 0.667. The van der Waals surface area contributed by atoms with Crippen molar-refractivity contribution in [2.24, 2.45) is 0 Å². The van der Waals surface area contributed by atoms with Crippen molar-refractivity contribution in [1.29, 1.82) is 0 Å². The molecule has 0 aromatic heterocycles. The molecule has 0 bridgehead atoms. The molecule has 0 spiro atoms. The van der Waals surface area contributed by atoms with E-state index >= 15 is 0 Å². The van der Waals surface area contributed by atoms with Crippen LogP contribution in [0.25, 0.3) is 0 Å². The van der Waals surface area contributed by atoms with Crippen molar-refractivity contribution >= 4 is 5.97 Å². The molecule has 0 aliphatic rings. The van der Waals surface area contributed by atoms with Gasteiger partial charge in [-0.15, -0.1) is 0 Å². The Balaban J connectivity index is 1.84. The van der Waals surface area contributed by atoms with Crippen molar-refractivity contribution in [1.82, 2.24) is 0 Å². The molecule has 4 heteroatoms. The summed E-state index contributed by atoms with van der Waals surface area (Å²) >= 11 is 0. The van der Waals surface area contributed by atoms with Gasteiger partial charge in [-0.3, -0.25) is 0 Å². The van der Waals surface area contributed by atoms with Gasteiger partial charge in [-0.05, 0) is 43.5 Å². The van der Waals surface area contributed by atoms with Gasteiger partial charge in [0, 0.05) is 13.2 Å². The SMILES string of the molecule is CCCCCCCCCCOCCCCOC(=O)c1ccc(O)cc1. The number of aromatic hydroxyl groups is 1. The average molecular weight is 350 g/mol. The van der Waals surface area contributed by atoms with E-state index in [-0.39, 0.29) is 11.7 Å². The van der Waals surface area contributed by atoms with Crippen LogP contribution in [0.4, 0.5) is 0 Å². The third kappa shape index (κ3) is 11.6. The number of esters is 1. The van der Waals surface area contributed by atoms with Crippen LogP contribution in [0.3, 0.4) is 0 Å². The van der Waals surface area contributed by atoms with E-state index in [1.165, 1.54) is 57.1 Å². The first-order valence-corrected chi connectivity index (χ1v) is 9.78. The Labute approximate surface area is 152 Å². The van der Waals surface area contributed by atoms with E-state index in [0.29, 0.717) is 12.2 Å². The highest BCUT2D eigenvalue weighted by molar-refractivity contribution is 5.89. The lowest BCUT2D eigenvalue weighted by atomic mass is 10.1. The highest BCUT2D eigenvalue weighted by Crippen LogP contribution is 2.11. The van der Waals surface area contributed by atoms with Gasteiger partial charge in [-0.1, -0.05) is 51.9 Å². The van der Waals surface area contributed by atoms with Crippen molar-refractivity contribution in [3.63, 3.8) is 0 Å². The first-order valence-electron chi connectivity index (χ1n) is 9.78. The standard InChI is InChI=1S/C21H34O4/c1-2-3-4-5-6-7-8-9-16-24-17-10-11-18-25-21(23)19-12-14-20(22)15-13-19/h12-15,22H,2-11,16-18H2,1H3. The van der Waals surface area contributed by atoms with Gasteiger partial charge in [0.1, 0.15) is 5.75 Å². The number of hydrogen-bond acceptors (Lipinski definition) is 4. The summed E-state index contributed by atoms with van der Waals surface area (Å²) in [5.41, 5.74) is 0.462. The third-order valence-electron chi connectivity index (χ3n) is 4.16. The minimum Gasteiger partial charge on any atom is -0.508 e. The lowest BCUT2D eigenvalue weighted by Gasteiger charge is -2.06. The van der Waals surface area contributed by atoms with Crippen LogP contribution in [-0.2, 0) is 9.47 Å². The number of benzene rings is 1. The maximum absolute atomic E-state index is 11.7. The highest BCUT2D eigenvalue weighted by atomic mass is 16.5. The van der Waals surface area contributed by atoms with Gasteiger partial charge in [0.25, 0.3) is 0 Å². The second-order valence-corrected chi connectivity index (χ2v) is 6.48. The van der Waals surface area contributed by atoms with Crippen LogP contribution in [0.15, 0.2) is 24.3 Å². The van der Waals surface area contributed by atoms with Crippen molar-refractivity contribution in [2.75, 3.05) is 19.8 Å². The summed E-state index contributed by atoms with van der Waals surface area (Å²) in [5.74, 6) is -0.204. The molecule has 0 radical (unpaired) electrons. The lowest BCUT2D eigenvalue weighted by Crippen LogP contribution is -2.07. The second kappa shape index (κ2) is 14.8. The number of phenolic OH excluding ortho intramolecular Hbond substituents is 1. The smallest absolute Gasteiger partial charge is 0.338 e. The second-order valence-electron chi connectivity index (χ2n) is 6.48. The Morgan fingerprint density at radius 2 is 1.32 bits per heavy atom. The molecular formula is C21H34O4. The molecule has 0 saturated carbocycles. The van der Waals surface area contributed by atoms with E-state index in [9.17, 15) is 9.90 Å². The topological polar surface area (TPSA) is 55.8 Å². The first-order chi connectivity index (χ1) is 12.2. The quantitative estimate of drug-likeness (QED) is 0.336. The van der Waals surface area contributed by atoms with E-state index in [0.717, 1.165) is 32.5 Å². The first kappa shape index (κ1) is 21.5. The van der Waals surface area contributed by atoms with Crippen LogP contribution in [0.1, 0.15) is 81.5 Å². The fourth-order valence-corrected chi connectivity index (χ4v) is 2.59. The van der Waals surface area contributed by atoms with Crippen LogP contribution in [0, 0.1) is 0 Å². The van der Waals surface area contributed by atoms with Gasteiger partial charge >= 0.3 is 5.97 Å². The summed E-state index contributed by atoms with van der Waals surface area (Å²) in [6, 6.07) is 6.08.